The first kappa shape index (κ1) is 19.3. The van der Waals surface area contributed by atoms with E-state index >= 15 is 0 Å². The lowest BCUT2D eigenvalue weighted by atomic mass is 9.84. The highest BCUT2D eigenvalue weighted by Crippen LogP contribution is 2.31. The molecule has 0 bridgehead atoms. The molecule has 0 fully saturated rings. The predicted molar refractivity (Wildman–Crippen MR) is 110 cm³/mol. The Hall–Kier alpha value is -3.06. The van der Waals surface area contributed by atoms with E-state index in [-0.39, 0.29) is 0 Å². The van der Waals surface area contributed by atoms with Gasteiger partial charge in [-0.2, -0.15) is 0 Å². The number of esters is 1. The summed E-state index contributed by atoms with van der Waals surface area (Å²) in [6.07, 6.45) is 2.60. The molecule has 4 rings (SSSR count). The number of carbonyl (C=O) groups is 3. The van der Waals surface area contributed by atoms with Crippen LogP contribution in [-0.4, -0.2) is 29.4 Å². The van der Waals surface area contributed by atoms with E-state index in [0.717, 1.165) is 41.4 Å². The first-order valence-corrected chi connectivity index (χ1v) is 10.4. The van der Waals surface area contributed by atoms with E-state index in [1.54, 1.807) is 17.5 Å². The molecule has 0 unspecified atom stereocenters. The molecule has 1 aliphatic rings. The van der Waals surface area contributed by atoms with Gasteiger partial charge in [0.2, 0.25) is 0 Å². The highest BCUT2D eigenvalue weighted by molar-refractivity contribution is 7.12. The highest BCUT2D eigenvalue weighted by Gasteiger charge is 2.26. The number of rotatable bonds is 4. The summed E-state index contributed by atoms with van der Waals surface area (Å²) >= 11 is 1.23. The molecule has 1 aliphatic carbocycles. The monoisotopic (exact) mass is 408 g/mol. The number of benzene rings is 1. The zero-order chi connectivity index (χ0) is 20.4. The molecule has 7 heteroatoms. The van der Waals surface area contributed by atoms with E-state index in [0.29, 0.717) is 16.4 Å². The number of aromatic nitrogens is 1. The van der Waals surface area contributed by atoms with Gasteiger partial charge >= 0.3 is 5.97 Å². The first-order chi connectivity index (χ1) is 14.0. The number of carbonyl (C=O) groups excluding carboxylic acids is 3. The Morgan fingerprint density at radius 3 is 2.83 bits per heavy atom. The average Bonchev–Trinajstić information content (AvgIpc) is 3.25. The standard InChI is InChI=1S/C22H20N2O4S/c1-13-8-9-17-15(11-13)20(14-5-2-3-6-16(14)23-17)22(27)28-12-19(25)24-21(26)18-7-4-10-29-18/h2-7,10,13H,8-9,11-12H2,1H3,(H,24,25,26)/t13-/m1/s1. The van der Waals surface area contributed by atoms with Gasteiger partial charge in [-0.1, -0.05) is 31.2 Å². The summed E-state index contributed by atoms with van der Waals surface area (Å²) < 4.78 is 5.29. The van der Waals surface area contributed by atoms with Gasteiger partial charge in [-0.15, -0.1) is 11.3 Å². The maximum atomic E-state index is 12.9. The quantitative estimate of drug-likeness (QED) is 0.668. The number of aryl methyl sites for hydroxylation is 1. The number of ether oxygens (including phenoxy) is 1. The number of imide groups is 1. The van der Waals surface area contributed by atoms with E-state index in [9.17, 15) is 14.4 Å². The van der Waals surface area contributed by atoms with Crippen LogP contribution >= 0.6 is 11.3 Å². The van der Waals surface area contributed by atoms with Crippen LogP contribution < -0.4 is 5.32 Å². The maximum Gasteiger partial charge on any atom is 0.339 e. The van der Waals surface area contributed by atoms with E-state index in [2.05, 4.69) is 12.2 Å². The fourth-order valence-corrected chi connectivity index (χ4v) is 4.25. The molecule has 1 aromatic carbocycles. The van der Waals surface area contributed by atoms with Crippen LogP contribution in [0.5, 0.6) is 0 Å². The molecule has 2 heterocycles. The molecule has 0 saturated heterocycles. The largest absolute Gasteiger partial charge is 0.452 e. The molecule has 1 N–H and O–H groups in total. The van der Waals surface area contributed by atoms with Crippen LogP contribution in [0.3, 0.4) is 0 Å². The van der Waals surface area contributed by atoms with Crippen molar-refractivity contribution in [1.82, 2.24) is 10.3 Å². The van der Waals surface area contributed by atoms with Crippen molar-refractivity contribution in [1.29, 1.82) is 0 Å². The van der Waals surface area contributed by atoms with Gasteiger partial charge in [0.15, 0.2) is 6.61 Å². The second-order valence-corrected chi connectivity index (χ2v) is 8.16. The van der Waals surface area contributed by atoms with Crippen LogP contribution in [-0.2, 0) is 22.4 Å². The van der Waals surface area contributed by atoms with Gasteiger partial charge < -0.3 is 4.74 Å². The number of hydrogen-bond donors (Lipinski definition) is 1. The lowest BCUT2D eigenvalue weighted by Crippen LogP contribution is -2.34. The second kappa shape index (κ2) is 8.13. The number of pyridine rings is 1. The Morgan fingerprint density at radius 1 is 1.21 bits per heavy atom. The molecule has 148 valence electrons. The zero-order valence-electron chi connectivity index (χ0n) is 15.9. The van der Waals surface area contributed by atoms with Crippen LogP contribution in [0.15, 0.2) is 41.8 Å². The second-order valence-electron chi connectivity index (χ2n) is 7.21. The molecule has 6 nitrogen and oxygen atoms in total. The summed E-state index contributed by atoms with van der Waals surface area (Å²) in [5.41, 5.74) is 3.05. The van der Waals surface area contributed by atoms with Gasteiger partial charge in [0, 0.05) is 11.1 Å². The zero-order valence-corrected chi connectivity index (χ0v) is 16.8. The fourth-order valence-electron chi connectivity index (χ4n) is 3.63. The van der Waals surface area contributed by atoms with Gasteiger partial charge in [-0.25, -0.2) is 4.79 Å². The highest BCUT2D eigenvalue weighted by atomic mass is 32.1. The lowest BCUT2D eigenvalue weighted by Gasteiger charge is -2.24. The van der Waals surface area contributed by atoms with E-state index < -0.39 is 24.4 Å². The number of hydrogen-bond acceptors (Lipinski definition) is 6. The third-order valence-electron chi connectivity index (χ3n) is 5.04. The van der Waals surface area contributed by atoms with Gasteiger partial charge in [-0.05, 0) is 48.3 Å². The van der Waals surface area contributed by atoms with E-state index in [4.69, 9.17) is 9.72 Å². The number of thiophene rings is 1. The molecular weight excluding hydrogens is 388 g/mol. The number of amides is 2. The molecule has 2 amide bonds. The van der Waals surface area contributed by atoms with Crippen molar-refractivity contribution in [3.63, 3.8) is 0 Å². The molecule has 0 spiro atoms. The van der Waals surface area contributed by atoms with Crippen molar-refractivity contribution >= 4 is 40.0 Å². The van der Waals surface area contributed by atoms with Gasteiger partial charge in [-0.3, -0.25) is 19.9 Å². The molecule has 0 aliphatic heterocycles. The van der Waals surface area contributed by atoms with Crippen LogP contribution in [0.1, 0.15) is 44.6 Å². The smallest absolute Gasteiger partial charge is 0.339 e. The van der Waals surface area contributed by atoms with Crippen LogP contribution in [0.25, 0.3) is 10.9 Å². The summed E-state index contributed by atoms with van der Waals surface area (Å²) in [7, 11) is 0. The topological polar surface area (TPSA) is 85.4 Å². The first-order valence-electron chi connectivity index (χ1n) is 9.48. The molecule has 1 atom stereocenters. The van der Waals surface area contributed by atoms with Crippen molar-refractivity contribution in [3.05, 3.63) is 63.5 Å². The molecule has 0 radical (unpaired) electrons. The van der Waals surface area contributed by atoms with Crippen LogP contribution in [0.2, 0.25) is 0 Å². The van der Waals surface area contributed by atoms with E-state index in [1.165, 1.54) is 11.3 Å². The van der Waals surface area contributed by atoms with Gasteiger partial charge in [0.05, 0.1) is 16.0 Å². The number of nitrogens with one attached hydrogen (secondary N) is 1. The van der Waals surface area contributed by atoms with Gasteiger partial charge in [0.25, 0.3) is 11.8 Å². The molecule has 0 saturated carbocycles. The molecule has 3 aromatic rings. The maximum absolute atomic E-state index is 12.9. The van der Waals surface area contributed by atoms with Crippen molar-refractivity contribution in [3.8, 4) is 0 Å². The van der Waals surface area contributed by atoms with Crippen LogP contribution in [0, 0.1) is 5.92 Å². The Morgan fingerprint density at radius 2 is 2.03 bits per heavy atom. The Bertz CT molecular complexity index is 1090. The minimum atomic E-state index is -0.655. The summed E-state index contributed by atoms with van der Waals surface area (Å²) in [6.45, 7) is 1.63. The van der Waals surface area contributed by atoms with Crippen LogP contribution in [0.4, 0.5) is 0 Å². The fraction of sp³-hybridized carbons (Fsp3) is 0.273. The number of para-hydroxylation sites is 1. The summed E-state index contributed by atoms with van der Waals surface area (Å²) in [5, 5.41) is 4.71. The third-order valence-corrected chi connectivity index (χ3v) is 5.91. The Labute approximate surface area is 171 Å². The normalized spacial score (nSPS) is 15.6. The summed E-state index contributed by atoms with van der Waals surface area (Å²) in [5.74, 6) is -1.27. The Balaban J connectivity index is 1.54. The Kier molecular flexibility index (Phi) is 5.40. The summed E-state index contributed by atoms with van der Waals surface area (Å²) in [6, 6.07) is 10.8. The molecule has 29 heavy (non-hydrogen) atoms. The lowest BCUT2D eigenvalue weighted by molar-refractivity contribution is -0.123. The molecule has 2 aromatic heterocycles. The minimum Gasteiger partial charge on any atom is -0.452 e. The predicted octanol–water partition coefficient (Wildman–Crippen LogP) is 3.53. The SMILES string of the molecule is C[C@@H]1CCc2nc3ccccc3c(C(=O)OCC(=O)NC(=O)c3cccs3)c2C1. The van der Waals surface area contributed by atoms with Crippen molar-refractivity contribution in [2.45, 2.75) is 26.2 Å². The average molecular weight is 408 g/mol. The van der Waals surface area contributed by atoms with E-state index in [1.807, 2.05) is 24.3 Å². The van der Waals surface area contributed by atoms with Crippen molar-refractivity contribution in [2.24, 2.45) is 5.92 Å². The van der Waals surface area contributed by atoms with Gasteiger partial charge in [0.1, 0.15) is 0 Å². The number of nitrogens with zero attached hydrogens (tertiary/aromatic N) is 1. The third kappa shape index (κ3) is 4.05. The number of fused-ring (bicyclic) bond motifs is 2. The summed E-state index contributed by atoms with van der Waals surface area (Å²) in [4.78, 5) is 42.1. The van der Waals surface area contributed by atoms with Crippen molar-refractivity contribution in [2.75, 3.05) is 6.61 Å². The van der Waals surface area contributed by atoms with Crippen molar-refractivity contribution < 1.29 is 19.1 Å². The minimum absolute atomic E-state index is 0.424. The molecular formula is C22H20N2O4S.